The first kappa shape index (κ1) is 22.6. The Morgan fingerprint density at radius 2 is 1.40 bits per heavy atom. The fourth-order valence-electron chi connectivity index (χ4n) is 1.66. The highest BCUT2D eigenvalue weighted by Gasteiger charge is 2.41. The number of rotatable bonds is 5. The molecule has 25 heavy (non-hydrogen) atoms. The molecule has 0 radical (unpaired) electrons. The lowest BCUT2D eigenvalue weighted by Crippen LogP contribution is -2.52. The van der Waals surface area contributed by atoms with Crippen LogP contribution >= 0.6 is 0 Å². The van der Waals surface area contributed by atoms with E-state index in [1.807, 2.05) is 0 Å². The summed E-state index contributed by atoms with van der Waals surface area (Å²) in [6.07, 6.45) is -2.04. The van der Waals surface area contributed by atoms with Crippen LogP contribution in [0, 0.1) is 0 Å². The summed E-state index contributed by atoms with van der Waals surface area (Å²) < 4.78 is 15.0. The fourth-order valence-corrected chi connectivity index (χ4v) is 1.66. The van der Waals surface area contributed by atoms with Crippen molar-refractivity contribution in [2.45, 2.75) is 65.2 Å². The average Bonchev–Trinajstić information content (AvgIpc) is 2.41. The largest absolute Gasteiger partial charge is 0.467 e. The number of nitrogens with zero attached hydrogens (tertiary/aromatic N) is 1. The van der Waals surface area contributed by atoms with Gasteiger partial charge in [-0.05, 0) is 47.1 Å². The van der Waals surface area contributed by atoms with Gasteiger partial charge in [0, 0.05) is 6.42 Å². The first-order chi connectivity index (χ1) is 11.2. The summed E-state index contributed by atoms with van der Waals surface area (Å²) in [5.74, 6) is -0.903. The second kappa shape index (κ2) is 8.64. The van der Waals surface area contributed by atoms with Crippen molar-refractivity contribution < 1.29 is 33.4 Å². The highest BCUT2D eigenvalue weighted by atomic mass is 16.6. The maximum Gasteiger partial charge on any atom is 0.420 e. The first-order valence-corrected chi connectivity index (χ1v) is 7.68. The molecule has 1 atom stereocenters. The van der Waals surface area contributed by atoms with E-state index in [-0.39, 0.29) is 12.0 Å². The van der Waals surface area contributed by atoms with E-state index >= 15 is 0 Å². The van der Waals surface area contributed by atoms with Crippen molar-refractivity contribution in [2.24, 2.45) is 0 Å². The molecule has 142 valence electrons. The van der Waals surface area contributed by atoms with Crippen LogP contribution in [0.25, 0.3) is 0 Å². The minimum atomic E-state index is -1.44. The Kier molecular flexibility index (Phi) is 7.82. The van der Waals surface area contributed by atoms with Gasteiger partial charge in [0.05, 0.1) is 7.11 Å². The second-order valence-corrected chi connectivity index (χ2v) is 7.35. The van der Waals surface area contributed by atoms with E-state index in [2.05, 4.69) is 11.3 Å². The third-order valence-electron chi connectivity index (χ3n) is 2.59. The lowest BCUT2D eigenvalue weighted by atomic mass is 10.1. The smallest absolute Gasteiger partial charge is 0.420 e. The van der Waals surface area contributed by atoms with Crippen molar-refractivity contribution in [1.29, 1.82) is 0 Å². The van der Waals surface area contributed by atoms with Gasteiger partial charge in [0.1, 0.15) is 23.5 Å². The Morgan fingerprint density at radius 3 is 1.68 bits per heavy atom. The summed E-state index contributed by atoms with van der Waals surface area (Å²) in [5, 5.41) is 0. The zero-order valence-electron chi connectivity index (χ0n) is 15.9. The molecule has 0 rings (SSSR count). The van der Waals surface area contributed by atoms with Gasteiger partial charge in [-0.3, -0.25) is 4.79 Å². The molecule has 0 spiro atoms. The Morgan fingerprint density at radius 1 is 1.00 bits per heavy atom. The molecule has 0 heterocycles. The first-order valence-electron chi connectivity index (χ1n) is 7.68. The number of imide groups is 1. The number of ether oxygens (including phenoxy) is 3. The quantitative estimate of drug-likeness (QED) is 0.323. The minimum absolute atomic E-state index is 0.00696. The molecule has 0 aromatic rings. The monoisotopic (exact) mass is 357 g/mol. The van der Waals surface area contributed by atoms with Gasteiger partial charge >= 0.3 is 18.2 Å². The van der Waals surface area contributed by atoms with Gasteiger partial charge in [-0.2, -0.15) is 4.90 Å². The molecule has 0 fully saturated rings. The number of amides is 2. The van der Waals surface area contributed by atoms with Crippen molar-refractivity contribution in [3.05, 3.63) is 12.2 Å². The van der Waals surface area contributed by atoms with E-state index in [0.29, 0.717) is 11.2 Å². The predicted octanol–water partition coefficient (Wildman–Crippen LogP) is 2.85. The van der Waals surface area contributed by atoms with Crippen LogP contribution in [0.3, 0.4) is 0 Å². The van der Waals surface area contributed by atoms with E-state index in [1.54, 1.807) is 41.5 Å². The highest BCUT2D eigenvalue weighted by molar-refractivity contribution is 5.94. The average molecular weight is 357 g/mol. The molecule has 0 aliphatic rings. The van der Waals surface area contributed by atoms with Crippen LogP contribution in [0.2, 0.25) is 0 Å². The van der Waals surface area contributed by atoms with E-state index in [0.717, 1.165) is 7.11 Å². The molecule has 8 heteroatoms. The Labute approximate surface area is 148 Å². The molecule has 8 nitrogen and oxygen atoms in total. The molecule has 2 amide bonds. The molecule has 0 aliphatic carbocycles. The number of aldehydes is 1. The van der Waals surface area contributed by atoms with E-state index in [1.165, 1.54) is 0 Å². The van der Waals surface area contributed by atoms with Gasteiger partial charge in [0.15, 0.2) is 0 Å². The van der Waals surface area contributed by atoms with Crippen molar-refractivity contribution in [1.82, 2.24) is 4.90 Å². The van der Waals surface area contributed by atoms with Crippen LogP contribution in [-0.4, -0.2) is 53.7 Å². The lowest BCUT2D eigenvalue weighted by Gasteiger charge is -2.32. The van der Waals surface area contributed by atoms with Gasteiger partial charge in [-0.15, -0.1) is 0 Å². The number of carbonyl (C=O) groups excluding carboxylic acids is 4. The van der Waals surface area contributed by atoms with Crippen LogP contribution in [0.15, 0.2) is 12.2 Å². The number of hydrogen-bond donors (Lipinski definition) is 0. The van der Waals surface area contributed by atoms with Gasteiger partial charge in [0.25, 0.3) is 0 Å². The number of esters is 1. The zero-order valence-corrected chi connectivity index (χ0v) is 15.9. The van der Waals surface area contributed by atoms with E-state index in [9.17, 15) is 19.2 Å². The summed E-state index contributed by atoms with van der Waals surface area (Å²) >= 11 is 0. The molecular weight excluding hydrogens is 330 g/mol. The number of hydrogen-bond acceptors (Lipinski definition) is 7. The Hall–Kier alpha value is -2.38. The van der Waals surface area contributed by atoms with Crippen molar-refractivity contribution in [3.8, 4) is 0 Å². The Balaban J connectivity index is 5.88. The third kappa shape index (κ3) is 8.32. The summed E-state index contributed by atoms with van der Waals surface area (Å²) in [5.41, 5.74) is -1.83. The minimum Gasteiger partial charge on any atom is -0.467 e. The molecule has 0 aromatic heterocycles. The van der Waals surface area contributed by atoms with Crippen LogP contribution in [0.4, 0.5) is 9.59 Å². The number of methoxy groups -OCH3 is 1. The fraction of sp³-hybridized carbons (Fsp3) is 0.647. The van der Waals surface area contributed by atoms with Crippen molar-refractivity contribution >= 4 is 24.4 Å². The van der Waals surface area contributed by atoms with Gasteiger partial charge in [-0.1, -0.05) is 6.58 Å². The normalized spacial score (nSPS) is 12.6. The SMILES string of the molecule is C=C(C=O)C[C@@H](C(=O)OC)N(C(=O)OC(C)(C)C)C(=O)OC(C)(C)C. The topological polar surface area (TPSA) is 99.2 Å². The summed E-state index contributed by atoms with van der Waals surface area (Å²) in [6.45, 7) is 13.1. The maximum atomic E-state index is 12.5. The standard InChI is InChI=1S/C17H27NO7/c1-11(10-19)9-12(13(20)23-8)18(14(21)24-16(2,3)4)15(22)25-17(5,6)7/h10,12H,1,9H2,2-8H3/t12-/m0/s1. The zero-order chi connectivity index (χ0) is 20.0. The van der Waals surface area contributed by atoms with Crippen molar-refractivity contribution in [3.63, 3.8) is 0 Å². The highest BCUT2D eigenvalue weighted by Crippen LogP contribution is 2.20. The molecule has 0 unspecified atom stereocenters. The molecule has 0 aromatic carbocycles. The summed E-state index contributed by atoms with van der Waals surface area (Å²) in [4.78, 5) is 48.5. The van der Waals surface area contributed by atoms with Gasteiger partial charge in [0.2, 0.25) is 0 Å². The summed E-state index contributed by atoms with van der Waals surface area (Å²) in [7, 11) is 1.10. The van der Waals surface area contributed by atoms with E-state index in [4.69, 9.17) is 9.47 Å². The second-order valence-electron chi connectivity index (χ2n) is 7.35. The van der Waals surface area contributed by atoms with Crippen LogP contribution in [0.5, 0.6) is 0 Å². The molecular formula is C17H27NO7. The van der Waals surface area contributed by atoms with Crippen LogP contribution in [-0.2, 0) is 23.8 Å². The molecule has 0 bridgehead atoms. The molecule has 0 aliphatic heterocycles. The summed E-state index contributed by atoms with van der Waals surface area (Å²) in [6, 6.07) is -1.44. The Bertz CT molecular complexity index is 512. The van der Waals surface area contributed by atoms with Crippen molar-refractivity contribution in [2.75, 3.05) is 7.11 Å². The third-order valence-corrected chi connectivity index (χ3v) is 2.59. The predicted molar refractivity (Wildman–Crippen MR) is 89.9 cm³/mol. The van der Waals surface area contributed by atoms with Crippen LogP contribution in [0.1, 0.15) is 48.0 Å². The van der Waals surface area contributed by atoms with Gasteiger partial charge < -0.3 is 14.2 Å². The maximum absolute atomic E-state index is 12.5. The van der Waals surface area contributed by atoms with Crippen LogP contribution < -0.4 is 0 Å². The van der Waals surface area contributed by atoms with E-state index < -0.39 is 35.4 Å². The molecule has 0 saturated carbocycles. The molecule has 0 N–H and O–H groups in total. The lowest BCUT2D eigenvalue weighted by molar-refractivity contribution is -0.146. The van der Waals surface area contributed by atoms with Gasteiger partial charge in [-0.25, -0.2) is 14.4 Å². The molecule has 0 saturated heterocycles. The number of carbonyl (C=O) groups is 4.